The van der Waals surface area contributed by atoms with Crippen LogP contribution in [-0.4, -0.2) is 34.9 Å². The predicted octanol–water partition coefficient (Wildman–Crippen LogP) is 8.00. The largest absolute Gasteiger partial charge is 0.394 e. The van der Waals surface area contributed by atoms with Gasteiger partial charge in [-0.1, -0.05) is 122 Å². The Balaban J connectivity index is 3.66. The summed E-state index contributed by atoms with van der Waals surface area (Å²) in [6, 6.07) is -0.543. The third kappa shape index (κ3) is 22.9. The van der Waals surface area contributed by atoms with Gasteiger partial charge in [-0.2, -0.15) is 0 Å². The minimum Gasteiger partial charge on any atom is -0.394 e. The number of carbonyl (C=O) groups is 1. The van der Waals surface area contributed by atoms with Gasteiger partial charge in [0.05, 0.1) is 18.8 Å². The zero-order chi connectivity index (χ0) is 25.1. The van der Waals surface area contributed by atoms with Crippen LogP contribution >= 0.6 is 0 Å². The van der Waals surface area contributed by atoms with Crippen LogP contribution in [-0.2, 0) is 4.79 Å². The standard InChI is InChI=1S/C30H59NO3/c1-3-5-7-9-11-13-15-17-19-21-23-25-29(33)28(27-32)31-30(34)26-24-22-20-18-16-14-12-10-8-6-4-2/h15,17,28-29,32-33H,3-14,16,18-27H2,1-2H3,(H,31,34)/b17-15+/t28-,29+/m0/s1. The Kier molecular flexibility index (Phi) is 26.0. The predicted molar refractivity (Wildman–Crippen MR) is 147 cm³/mol. The molecule has 0 aromatic carbocycles. The highest BCUT2D eigenvalue weighted by molar-refractivity contribution is 5.76. The molecule has 0 aromatic heterocycles. The molecule has 0 aliphatic rings. The van der Waals surface area contributed by atoms with Crippen LogP contribution in [0.1, 0.15) is 155 Å². The van der Waals surface area contributed by atoms with Crippen molar-refractivity contribution in [3.63, 3.8) is 0 Å². The summed E-state index contributed by atoms with van der Waals surface area (Å²) in [6.45, 7) is 4.29. The molecule has 34 heavy (non-hydrogen) atoms. The number of rotatable bonds is 26. The zero-order valence-corrected chi connectivity index (χ0v) is 22.9. The average Bonchev–Trinajstić information content (AvgIpc) is 2.84. The minimum absolute atomic E-state index is 0.0455. The lowest BCUT2D eigenvalue weighted by Crippen LogP contribution is -2.45. The Morgan fingerprint density at radius 2 is 1.12 bits per heavy atom. The molecule has 202 valence electrons. The summed E-state index contributed by atoms with van der Waals surface area (Å²) in [5, 5.41) is 22.8. The first-order valence-corrected chi connectivity index (χ1v) is 14.9. The molecule has 0 aliphatic heterocycles. The molecule has 0 spiro atoms. The number of unbranched alkanes of at least 4 members (excludes halogenated alkanes) is 17. The molecule has 0 saturated carbocycles. The quantitative estimate of drug-likeness (QED) is 0.0865. The smallest absolute Gasteiger partial charge is 0.220 e. The van der Waals surface area contributed by atoms with E-state index in [-0.39, 0.29) is 12.5 Å². The molecule has 1 amide bonds. The molecule has 4 heteroatoms. The highest BCUT2D eigenvalue weighted by Gasteiger charge is 2.19. The molecule has 0 aromatic rings. The first kappa shape index (κ1) is 33.1. The molecule has 4 nitrogen and oxygen atoms in total. The normalized spacial score (nSPS) is 13.4. The molecule has 3 N–H and O–H groups in total. The van der Waals surface area contributed by atoms with Gasteiger partial charge in [0, 0.05) is 6.42 Å². The Labute approximate surface area is 212 Å². The fourth-order valence-electron chi connectivity index (χ4n) is 4.41. The van der Waals surface area contributed by atoms with E-state index in [4.69, 9.17) is 0 Å². The number of carbonyl (C=O) groups excluding carboxylic acids is 1. The van der Waals surface area contributed by atoms with Gasteiger partial charge < -0.3 is 15.5 Å². The molecular weight excluding hydrogens is 422 g/mol. The number of aliphatic hydroxyl groups excluding tert-OH is 2. The fourth-order valence-corrected chi connectivity index (χ4v) is 4.41. The first-order valence-electron chi connectivity index (χ1n) is 14.9. The second-order valence-electron chi connectivity index (χ2n) is 10.2. The summed E-state index contributed by atoms with van der Waals surface area (Å²) >= 11 is 0. The number of hydrogen-bond donors (Lipinski definition) is 3. The first-order chi connectivity index (χ1) is 16.7. The van der Waals surface area contributed by atoms with Crippen LogP contribution in [0.15, 0.2) is 12.2 Å². The highest BCUT2D eigenvalue weighted by atomic mass is 16.3. The molecule has 0 heterocycles. The Morgan fingerprint density at radius 1 is 0.676 bits per heavy atom. The van der Waals surface area contributed by atoms with Gasteiger partial charge in [-0.3, -0.25) is 4.79 Å². The lowest BCUT2D eigenvalue weighted by molar-refractivity contribution is -0.123. The van der Waals surface area contributed by atoms with Crippen molar-refractivity contribution in [2.75, 3.05) is 6.61 Å². The van der Waals surface area contributed by atoms with Gasteiger partial charge in [-0.25, -0.2) is 0 Å². The minimum atomic E-state index is -0.672. The van der Waals surface area contributed by atoms with E-state index in [1.807, 2.05) is 0 Å². The van der Waals surface area contributed by atoms with Crippen LogP contribution in [0.3, 0.4) is 0 Å². The molecule has 2 atom stereocenters. The van der Waals surface area contributed by atoms with Crippen molar-refractivity contribution in [1.82, 2.24) is 5.32 Å². The molecule has 0 saturated heterocycles. The van der Waals surface area contributed by atoms with Crippen LogP contribution in [0.2, 0.25) is 0 Å². The Hall–Kier alpha value is -0.870. The summed E-state index contributed by atoms with van der Waals surface area (Å²) in [5.41, 5.74) is 0. The van der Waals surface area contributed by atoms with Crippen molar-refractivity contribution >= 4 is 5.91 Å². The molecular formula is C30H59NO3. The lowest BCUT2D eigenvalue weighted by Gasteiger charge is -2.22. The molecule has 0 aliphatic carbocycles. The molecule has 0 bridgehead atoms. The fraction of sp³-hybridized carbons (Fsp3) is 0.900. The van der Waals surface area contributed by atoms with Crippen molar-refractivity contribution in [3.8, 4) is 0 Å². The van der Waals surface area contributed by atoms with Gasteiger partial charge in [-0.15, -0.1) is 0 Å². The van der Waals surface area contributed by atoms with Gasteiger partial charge in [-0.05, 0) is 38.5 Å². The SMILES string of the molecule is CCCCCCC/C=C/CCCC[C@@H](O)[C@H](CO)NC(=O)CCCCCCCCCCCCC. The zero-order valence-electron chi connectivity index (χ0n) is 22.9. The maximum Gasteiger partial charge on any atom is 0.220 e. The lowest BCUT2D eigenvalue weighted by atomic mass is 10.0. The molecule has 0 rings (SSSR count). The summed E-state index contributed by atoms with van der Waals surface area (Å²) in [7, 11) is 0. The van der Waals surface area contributed by atoms with Crippen LogP contribution in [0.5, 0.6) is 0 Å². The van der Waals surface area contributed by atoms with Crippen LogP contribution in [0.4, 0.5) is 0 Å². The van der Waals surface area contributed by atoms with E-state index in [1.54, 1.807) is 0 Å². The summed E-state index contributed by atoms with van der Waals surface area (Å²) in [5.74, 6) is -0.0455. The van der Waals surface area contributed by atoms with Crippen LogP contribution < -0.4 is 5.32 Å². The number of amides is 1. The maximum atomic E-state index is 12.2. The second-order valence-corrected chi connectivity index (χ2v) is 10.2. The van der Waals surface area contributed by atoms with Gasteiger partial charge in [0.1, 0.15) is 0 Å². The van der Waals surface area contributed by atoms with E-state index in [2.05, 4.69) is 31.3 Å². The third-order valence-electron chi connectivity index (χ3n) is 6.78. The Bertz CT molecular complexity index is 452. The number of nitrogens with one attached hydrogen (secondary N) is 1. The highest BCUT2D eigenvalue weighted by Crippen LogP contribution is 2.13. The van der Waals surface area contributed by atoms with E-state index in [0.29, 0.717) is 12.8 Å². The van der Waals surface area contributed by atoms with Gasteiger partial charge in [0.2, 0.25) is 5.91 Å². The van der Waals surface area contributed by atoms with E-state index >= 15 is 0 Å². The second kappa shape index (κ2) is 26.7. The van der Waals surface area contributed by atoms with Crippen molar-refractivity contribution in [2.45, 2.75) is 167 Å². The number of aliphatic hydroxyl groups is 2. The maximum absolute atomic E-state index is 12.2. The average molecular weight is 482 g/mol. The van der Waals surface area contributed by atoms with Crippen molar-refractivity contribution in [2.24, 2.45) is 0 Å². The van der Waals surface area contributed by atoms with Crippen LogP contribution in [0.25, 0.3) is 0 Å². The molecule has 0 unspecified atom stereocenters. The number of hydrogen-bond acceptors (Lipinski definition) is 3. The van der Waals surface area contributed by atoms with E-state index in [0.717, 1.165) is 32.1 Å². The van der Waals surface area contributed by atoms with Gasteiger partial charge in [0.25, 0.3) is 0 Å². The Morgan fingerprint density at radius 3 is 1.62 bits per heavy atom. The van der Waals surface area contributed by atoms with Gasteiger partial charge in [0.15, 0.2) is 0 Å². The van der Waals surface area contributed by atoms with Crippen LogP contribution in [0, 0.1) is 0 Å². The van der Waals surface area contributed by atoms with E-state index in [1.165, 1.54) is 96.3 Å². The summed E-state index contributed by atoms with van der Waals surface area (Å²) in [6.07, 6.45) is 29.6. The number of allylic oxidation sites excluding steroid dienone is 2. The van der Waals surface area contributed by atoms with Crippen molar-refractivity contribution in [1.29, 1.82) is 0 Å². The third-order valence-corrected chi connectivity index (χ3v) is 6.78. The van der Waals surface area contributed by atoms with Crippen molar-refractivity contribution < 1.29 is 15.0 Å². The summed E-state index contributed by atoms with van der Waals surface area (Å²) < 4.78 is 0. The molecule has 0 fully saturated rings. The topological polar surface area (TPSA) is 69.6 Å². The summed E-state index contributed by atoms with van der Waals surface area (Å²) in [4.78, 5) is 12.2. The monoisotopic (exact) mass is 481 g/mol. The van der Waals surface area contributed by atoms with E-state index in [9.17, 15) is 15.0 Å². The molecule has 0 radical (unpaired) electrons. The van der Waals surface area contributed by atoms with Gasteiger partial charge >= 0.3 is 0 Å². The van der Waals surface area contributed by atoms with Crippen molar-refractivity contribution in [3.05, 3.63) is 12.2 Å². The van der Waals surface area contributed by atoms with E-state index < -0.39 is 12.1 Å².